The van der Waals surface area contributed by atoms with Crippen LogP contribution in [0.3, 0.4) is 0 Å². The summed E-state index contributed by atoms with van der Waals surface area (Å²) >= 11 is 0. The van der Waals surface area contributed by atoms with Crippen LogP contribution >= 0.6 is 0 Å². The summed E-state index contributed by atoms with van der Waals surface area (Å²) in [6.07, 6.45) is 1.95. The number of nitrogens with zero attached hydrogens (tertiary/aromatic N) is 2. The van der Waals surface area contributed by atoms with Gasteiger partial charge in [0.1, 0.15) is 5.75 Å². The second kappa shape index (κ2) is 6.67. The first-order valence-electron chi connectivity index (χ1n) is 6.78. The predicted octanol–water partition coefficient (Wildman–Crippen LogP) is 1.81. The fourth-order valence-electron chi connectivity index (χ4n) is 2.54. The molecule has 1 aliphatic heterocycles. The van der Waals surface area contributed by atoms with Gasteiger partial charge in [0.15, 0.2) is 0 Å². The molecule has 20 heavy (non-hydrogen) atoms. The van der Waals surface area contributed by atoms with Crippen molar-refractivity contribution in [3.8, 4) is 5.75 Å². The van der Waals surface area contributed by atoms with Gasteiger partial charge in [0.25, 0.3) is 5.69 Å². The first-order valence-corrected chi connectivity index (χ1v) is 6.78. The van der Waals surface area contributed by atoms with E-state index < -0.39 is 4.92 Å². The Balaban J connectivity index is 2.05. The molecule has 1 fully saturated rings. The van der Waals surface area contributed by atoms with E-state index in [0.717, 1.165) is 31.5 Å². The molecule has 0 bridgehead atoms. The van der Waals surface area contributed by atoms with Crippen molar-refractivity contribution in [2.75, 3.05) is 26.8 Å². The topological polar surface area (TPSA) is 75.8 Å². The molecule has 0 atom stereocenters. The van der Waals surface area contributed by atoms with Gasteiger partial charge in [0, 0.05) is 19.2 Å². The number of benzene rings is 1. The number of hydrogen-bond donors (Lipinski definition) is 1. The van der Waals surface area contributed by atoms with E-state index in [2.05, 4.69) is 4.90 Å². The SMILES string of the molecule is COc1cc(CN2CCC(CO)CC2)cc([N+](=O)[O-])c1. The third-order valence-corrected chi connectivity index (χ3v) is 3.77. The zero-order chi connectivity index (χ0) is 14.5. The van der Waals surface area contributed by atoms with Gasteiger partial charge in [-0.2, -0.15) is 0 Å². The Hall–Kier alpha value is -1.66. The zero-order valence-corrected chi connectivity index (χ0v) is 11.6. The number of hydrogen-bond acceptors (Lipinski definition) is 5. The van der Waals surface area contributed by atoms with Crippen LogP contribution in [-0.4, -0.2) is 41.7 Å². The minimum absolute atomic E-state index is 0.0598. The lowest BCUT2D eigenvalue weighted by Gasteiger charge is -2.31. The number of ether oxygens (including phenoxy) is 1. The van der Waals surface area contributed by atoms with Crippen LogP contribution in [0.25, 0.3) is 0 Å². The highest BCUT2D eigenvalue weighted by Crippen LogP contribution is 2.25. The third-order valence-electron chi connectivity index (χ3n) is 3.77. The molecule has 0 radical (unpaired) electrons. The van der Waals surface area contributed by atoms with E-state index in [1.807, 2.05) is 6.07 Å². The van der Waals surface area contributed by atoms with Crippen LogP contribution in [0.2, 0.25) is 0 Å². The molecule has 110 valence electrons. The predicted molar refractivity (Wildman–Crippen MR) is 74.7 cm³/mol. The molecule has 1 saturated heterocycles. The zero-order valence-electron chi connectivity index (χ0n) is 11.6. The number of nitro benzene ring substituents is 1. The lowest BCUT2D eigenvalue weighted by molar-refractivity contribution is -0.385. The van der Waals surface area contributed by atoms with Gasteiger partial charge >= 0.3 is 0 Å². The molecule has 1 N–H and O–H groups in total. The van der Waals surface area contributed by atoms with Crippen molar-refractivity contribution in [1.82, 2.24) is 4.90 Å². The second-order valence-corrected chi connectivity index (χ2v) is 5.20. The van der Waals surface area contributed by atoms with E-state index in [4.69, 9.17) is 9.84 Å². The van der Waals surface area contributed by atoms with Crippen LogP contribution in [0, 0.1) is 16.0 Å². The Morgan fingerprint density at radius 3 is 2.65 bits per heavy atom. The van der Waals surface area contributed by atoms with E-state index in [1.54, 1.807) is 6.07 Å². The molecule has 0 aliphatic carbocycles. The molecule has 1 heterocycles. The first kappa shape index (κ1) is 14.7. The van der Waals surface area contributed by atoms with Crippen LogP contribution in [0.4, 0.5) is 5.69 Å². The number of aliphatic hydroxyl groups excluding tert-OH is 1. The van der Waals surface area contributed by atoms with Crippen molar-refractivity contribution < 1.29 is 14.8 Å². The molecule has 1 aliphatic rings. The summed E-state index contributed by atoms with van der Waals surface area (Å²) in [4.78, 5) is 12.8. The van der Waals surface area contributed by atoms with Gasteiger partial charge in [-0.3, -0.25) is 15.0 Å². The van der Waals surface area contributed by atoms with Crippen molar-refractivity contribution in [2.45, 2.75) is 19.4 Å². The van der Waals surface area contributed by atoms with Crippen molar-refractivity contribution in [3.05, 3.63) is 33.9 Å². The maximum atomic E-state index is 10.9. The summed E-state index contributed by atoms with van der Waals surface area (Å²) < 4.78 is 5.11. The molecular weight excluding hydrogens is 260 g/mol. The number of nitro groups is 1. The van der Waals surface area contributed by atoms with Gasteiger partial charge in [0.05, 0.1) is 18.1 Å². The Labute approximate surface area is 118 Å². The Morgan fingerprint density at radius 1 is 1.40 bits per heavy atom. The highest BCUT2D eigenvalue weighted by Gasteiger charge is 2.19. The molecule has 0 aromatic heterocycles. The second-order valence-electron chi connectivity index (χ2n) is 5.20. The summed E-state index contributed by atoms with van der Waals surface area (Å²) in [5.41, 5.74) is 0.947. The van der Waals surface area contributed by atoms with Crippen LogP contribution in [-0.2, 0) is 6.54 Å². The molecule has 0 amide bonds. The molecule has 6 nitrogen and oxygen atoms in total. The number of piperidine rings is 1. The number of rotatable bonds is 5. The monoisotopic (exact) mass is 280 g/mol. The fraction of sp³-hybridized carbons (Fsp3) is 0.571. The van der Waals surface area contributed by atoms with E-state index in [-0.39, 0.29) is 12.3 Å². The number of likely N-dealkylation sites (tertiary alicyclic amines) is 1. The summed E-state index contributed by atoms with van der Waals surface area (Å²) in [5, 5.41) is 20.0. The lowest BCUT2D eigenvalue weighted by Crippen LogP contribution is -2.34. The smallest absolute Gasteiger partial charge is 0.273 e. The minimum Gasteiger partial charge on any atom is -0.496 e. The average molecular weight is 280 g/mol. The lowest BCUT2D eigenvalue weighted by atomic mass is 9.97. The molecular formula is C14H20N2O4. The highest BCUT2D eigenvalue weighted by molar-refractivity contribution is 5.42. The molecule has 0 spiro atoms. The van der Waals surface area contributed by atoms with Crippen molar-refractivity contribution in [3.63, 3.8) is 0 Å². The number of aliphatic hydroxyl groups is 1. The highest BCUT2D eigenvalue weighted by atomic mass is 16.6. The van der Waals surface area contributed by atoms with Crippen LogP contribution in [0.15, 0.2) is 18.2 Å². The van der Waals surface area contributed by atoms with Crippen molar-refractivity contribution in [2.24, 2.45) is 5.92 Å². The van der Waals surface area contributed by atoms with E-state index >= 15 is 0 Å². The normalized spacial score (nSPS) is 17.1. The van der Waals surface area contributed by atoms with Gasteiger partial charge in [-0.05, 0) is 43.5 Å². The minimum atomic E-state index is -0.399. The van der Waals surface area contributed by atoms with Crippen LogP contribution in [0.5, 0.6) is 5.75 Å². The fourth-order valence-corrected chi connectivity index (χ4v) is 2.54. The van der Waals surface area contributed by atoms with Gasteiger partial charge in [-0.1, -0.05) is 0 Å². The van der Waals surface area contributed by atoms with Crippen LogP contribution < -0.4 is 4.74 Å². The van der Waals surface area contributed by atoms with E-state index in [9.17, 15) is 10.1 Å². The maximum absolute atomic E-state index is 10.9. The van der Waals surface area contributed by atoms with Crippen molar-refractivity contribution >= 4 is 5.69 Å². The standard InChI is InChI=1S/C14H20N2O4/c1-20-14-7-12(6-13(8-14)16(18)19)9-15-4-2-11(10-17)3-5-15/h6-8,11,17H,2-5,9-10H2,1H3. The Morgan fingerprint density at radius 2 is 2.10 bits per heavy atom. The number of methoxy groups -OCH3 is 1. The molecule has 0 saturated carbocycles. The average Bonchev–Trinajstić information content (AvgIpc) is 2.47. The van der Waals surface area contributed by atoms with E-state index in [1.165, 1.54) is 13.2 Å². The summed E-state index contributed by atoms with van der Waals surface area (Å²) in [6.45, 7) is 2.75. The van der Waals surface area contributed by atoms with Crippen LogP contribution in [0.1, 0.15) is 18.4 Å². The van der Waals surface area contributed by atoms with Gasteiger partial charge in [-0.15, -0.1) is 0 Å². The summed E-state index contributed by atoms with van der Waals surface area (Å²) in [7, 11) is 1.51. The van der Waals surface area contributed by atoms with Gasteiger partial charge in [0.2, 0.25) is 0 Å². The van der Waals surface area contributed by atoms with Gasteiger partial charge in [-0.25, -0.2) is 0 Å². The Bertz CT molecular complexity index is 470. The molecule has 2 rings (SSSR count). The summed E-state index contributed by atoms with van der Waals surface area (Å²) in [6, 6.07) is 4.87. The number of non-ortho nitro benzene ring substituents is 1. The Kier molecular flexibility index (Phi) is 4.92. The molecule has 6 heteroatoms. The maximum Gasteiger partial charge on any atom is 0.273 e. The van der Waals surface area contributed by atoms with Crippen molar-refractivity contribution in [1.29, 1.82) is 0 Å². The summed E-state index contributed by atoms with van der Waals surface area (Å²) in [5.74, 6) is 0.908. The van der Waals surface area contributed by atoms with Gasteiger partial charge < -0.3 is 9.84 Å². The quantitative estimate of drug-likeness (QED) is 0.657. The van der Waals surface area contributed by atoms with E-state index in [0.29, 0.717) is 18.2 Å². The molecule has 1 aromatic carbocycles. The molecule has 0 unspecified atom stereocenters. The first-order chi connectivity index (χ1) is 9.62. The third kappa shape index (κ3) is 3.68. The largest absolute Gasteiger partial charge is 0.496 e. The molecule has 1 aromatic rings.